The second-order valence-corrected chi connectivity index (χ2v) is 5.63. The van der Waals surface area contributed by atoms with E-state index in [-0.39, 0.29) is 22.8 Å². The summed E-state index contributed by atoms with van der Waals surface area (Å²) in [7, 11) is 0. The molecule has 2 rings (SSSR count). The molecule has 28 heavy (non-hydrogen) atoms. The second kappa shape index (κ2) is 8.85. The van der Waals surface area contributed by atoms with E-state index in [1.54, 1.807) is 0 Å². The van der Waals surface area contributed by atoms with E-state index in [2.05, 4.69) is 4.99 Å². The van der Waals surface area contributed by atoms with Crippen molar-refractivity contribution in [1.82, 2.24) is 0 Å². The van der Waals surface area contributed by atoms with Gasteiger partial charge >= 0.3 is 5.97 Å². The highest BCUT2D eigenvalue weighted by molar-refractivity contribution is 6.19. The molecule has 0 heterocycles. The molecule has 0 spiro atoms. The van der Waals surface area contributed by atoms with Crippen molar-refractivity contribution in [2.24, 2.45) is 16.5 Å². The molecule has 2 aromatic carbocycles. The summed E-state index contributed by atoms with van der Waals surface area (Å²) in [6.45, 7) is 0.416. The van der Waals surface area contributed by atoms with Crippen molar-refractivity contribution in [2.75, 3.05) is 6.61 Å². The number of rotatable bonds is 6. The molecule has 0 aliphatic rings. The molecule has 0 aliphatic heterocycles. The number of allylic oxidation sites excluding steroid dienone is 1. The smallest absolute Gasteiger partial charge is 0.344 e. The lowest BCUT2D eigenvalue weighted by atomic mass is 10.1. The highest BCUT2D eigenvalue weighted by Crippen LogP contribution is 2.16. The maximum Gasteiger partial charge on any atom is 0.344 e. The first-order chi connectivity index (χ1) is 13.2. The van der Waals surface area contributed by atoms with E-state index in [0.29, 0.717) is 0 Å². The van der Waals surface area contributed by atoms with Gasteiger partial charge in [0.2, 0.25) is 5.78 Å². The van der Waals surface area contributed by atoms with E-state index >= 15 is 0 Å². The Morgan fingerprint density at radius 1 is 1.00 bits per heavy atom. The zero-order valence-electron chi connectivity index (χ0n) is 14.7. The molecule has 0 fully saturated rings. The van der Waals surface area contributed by atoms with Gasteiger partial charge in [-0.05, 0) is 43.3 Å². The van der Waals surface area contributed by atoms with Crippen molar-refractivity contribution in [2.45, 2.75) is 6.92 Å². The maximum atomic E-state index is 13.6. The zero-order valence-corrected chi connectivity index (χ0v) is 14.7. The van der Waals surface area contributed by atoms with Crippen LogP contribution in [0.3, 0.4) is 0 Å². The lowest BCUT2D eigenvalue weighted by Gasteiger charge is -2.10. The molecule has 146 valence electrons. The van der Waals surface area contributed by atoms with Gasteiger partial charge in [-0.25, -0.2) is 23.0 Å². The van der Waals surface area contributed by atoms with Crippen LogP contribution >= 0.6 is 0 Å². The van der Waals surface area contributed by atoms with Gasteiger partial charge in [-0.3, -0.25) is 4.79 Å². The fraction of sp³-hybridized carbons (Fsp3) is 0.105. The van der Waals surface area contributed by atoms with Gasteiger partial charge in [0.25, 0.3) is 0 Å². The number of carbonyl (C=O) groups is 2. The third kappa shape index (κ3) is 4.97. The third-order valence-corrected chi connectivity index (χ3v) is 3.51. The number of amidine groups is 1. The predicted octanol–water partition coefficient (Wildman–Crippen LogP) is 2.75. The summed E-state index contributed by atoms with van der Waals surface area (Å²) in [5.74, 6) is -5.16. The average Bonchev–Trinajstić information content (AvgIpc) is 2.61. The maximum absolute atomic E-state index is 13.6. The van der Waals surface area contributed by atoms with Gasteiger partial charge in [0, 0.05) is 5.70 Å². The van der Waals surface area contributed by atoms with E-state index in [1.807, 2.05) is 0 Å². The van der Waals surface area contributed by atoms with Crippen molar-refractivity contribution >= 4 is 23.3 Å². The van der Waals surface area contributed by atoms with Crippen LogP contribution in [0.15, 0.2) is 58.7 Å². The lowest BCUT2D eigenvalue weighted by Crippen LogP contribution is -2.27. The number of hydrogen-bond donors (Lipinski definition) is 2. The van der Waals surface area contributed by atoms with Crippen LogP contribution in [0.2, 0.25) is 0 Å². The fourth-order valence-corrected chi connectivity index (χ4v) is 2.22. The highest BCUT2D eigenvalue weighted by atomic mass is 19.1. The van der Waals surface area contributed by atoms with Gasteiger partial charge in [-0.15, -0.1) is 0 Å². The summed E-state index contributed by atoms with van der Waals surface area (Å²) in [6, 6.07) is 7.83. The van der Waals surface area contributed by atoms with Crippen LogP contribution in [0.4, 0.5) is 18.9 Å². The molecule has 2 aromatic rings. The Balaban J connectivity index is 2.17. The van der Waals surface area contributed by atoms with Crippen molar-refractivity contribution in [3.63, 3.8) is 0 Å². The molecule has 0 aliphatic carbocycles. The van der Waals surface area contributed by atoms with Crippen LogP contribution in [0.1, 0.15) is 17.3 Å². The molecule has 0 unspecified atom stereocenters. The topological polar surface area (TPSA) is 108 Å². The summed E-state index contributed by atoms with van der Waals surface area (Å²) >= 11 is 0. The van der Waals surface area contributed by atoms with Crippen LogP contribution in [-0.4, -0.2) is 24.2 Å². The largest absolute Gasteiger partial charge is 0.454 e. The normalized spacial score (nSPS) is 12.4. The van der Waals surface area contributed by atoms with Crippen molar-refractivity contribution in [3.8, 4) is 0 Å². The van der Waals surface area contributed by atoms with Crippen molar-refractivity contribution < 1.29 is 27.5 Å². The molecular weight excluding hydrogens is 375 g/mol. The predicted molar refractivity (Wildman–Crippen MR) is 96.2 cm³/mol. The molecule has 6 nitrogen and oxygen atoms in total. The number of nitrogens with zero attached hydrogens (tertiary/aromatic N) is 1. The summed E-state index contributed by atoms with van der Waals surface area (Å²) in [5.41, 5.74) is 10.4. The highest BCUT2D eigenvalue weighted by Gasteiger charge is 2.22. The standard InChI is InChI=1S/C19H16F3N3O3/c1-10(23)16(18(24)25-12-7-5-11(20)6-8-12)19(27)28-9-15(26)17-13(21)3-2-4-14(17)22/h2-8H,9,23H2,1H3,(H2,24,25). The van der Waals surface area contributed by atoms with E-state index in [1.165, 1.54) is 19.1 Å². The Morgan fingerprint density at radius 2 is 1.57 bits per heavy atom. The van der Waals surface area contributed by atoms with Gasteiger partial charge in [0.05, 0.1) is 11.3 Å². The number of halogens is 3. The van der Waals surface area contributed by atoms with Gasteiger partial charge in [0.15, 0.2) is 6.61 Å². The average molecular weight is 391 g/mol. The van der Waals surface area contributed by atoms with E-state index in [9.17, 15) is 22.8 Å². The monoisotopic (exact) mass is 391 g/mol. The molecule has 0 amide bonds. The molecule has 9 heteroatoms. The molecule has 0 saturated heterocycles. The van der Waals surface area contributed by atoms with Crippen LogP contribution in [0.25, 0.3) is 0 Å². The summed E-state index contributed by atoms with van der Waals surface area (Å²) in [5, 5.41) is 0. The number of ketones is 1. The van der Waals surface area contributed by atoms with Crippen LogP contribution in [0.5, 0.6) is 0 Å². The van der Waals surface area contributed by atoms with E-state index in [0.717, 1.165) is 30.3 Å². The number of ether oxygens (including phenoxy) is 1. The number of Topliss-reactive ketones (excluding diaryl/α,β-unsaturated/α-hetero) is 1. The Morgan fingerprint density at radius 3 is 2.11 bits per heavy atom. The zero-order chi connectivity index (χ0) is 20.8. The number of hydrogen-bond acceptors (Lipinski definition) is 5. The number of aliphatic imine (C=N–C) groups is 1. The molecule has 0 atom stereocenters. The Bertz CT molecular complexity index is 946. The summed E-state index contributed by atoms with van der Waals surface area (Å²) < 4.78 is 45.0. The first kappa shape index (κ1) is 20.7. The Hall–Kier alpha value is -3.62. The van der Waals surface area contributed by atoms with Gasteiger partial charge < -0.3 is 16.2 Å². The third-order valence-electron chi connectivity index (χ3n) is 3.51. The minimum atomic E-state index is -1.10. The van der Waals surface area contributed by atoms with E-state index in [4.69, 9.17) is 16.2 Å². The fourth-order valence-electron chi connectivity index (χ4n) is 2.22. The first-order valence-corrected chi connectivity index (χ1v) is 7.91. The number of nitrogens with two attached hydrogens (primary N) is 2. The number of esters is 1. The molecular formula is C19H16F3N3O3. The van der Waals surface area contributed by atoms with Crippen LogP contribution in [0, 0.1) is 17.5 Å². The Labute approximate surface area is 158 Å². The molecule has 4 N–H and O–H groups in total. The lowest BCUT2D eigenvalue weighted by molar-refractivity contribution is -0.137. The summed E-state index contributed by atoms with van der Waals surface area (Å²) in [4.78, 5) is 28.2. The minimum Gasteiger partial charge on any atom is -0.454 e. The van der Waals surface area contributed by atoms with Gasteiger partial charge in [-0.1, -0.05) is 6.07 Å². The second-order valence-electron chi connectivity index (χ2n) is 5.63. The van der Waals surface area contributed by atoms with Crippen LogP contribution in [-0.2, 0) is 9.53 Å². The molecule has 0 saturated carbocycles. The quantitative estimate of drug-likeness (QED) is 0.259. The van der Waals surface area contributed by atoms with E-state index < -0.39 is 41.4 Å². The van der Waals surface area contributed by atoms with Crippen molar-refractivity contribution in [1.29, 1.82) is 0 Å². The molecule has 0 aromatic heterocycles. The van der Waals surface area contributed by atoms with Crippen molar-refractivity contribution in [3.05, 3.63) is 76.7 Å². The summed E-state index contributed by atoms with van der Waals surface area (Å²) in [6.07, 6.45) is 0. The van der Waals surface area contributed by atoms with Gasteiger partial charge in [0.1, 0.15) is 28.9 Å². The minimum absolute atomic E-state index is 0.0575. The number of carbonyl (C=O) groups excluding carboxylic acids is 2. The Kier molecular flexibility index (Phi) is 6.54. The van der Waals surface area contributed by atoms with Gasteiger partial charge in [-0.2, -0.15) is 0 Å². The van der Waals surface area contributed by atoms with Crippen LogP contribution < -0.4 is 11.5 Å². The first-order valence-electron chi connectivity index (χ1n) is 7.91. The SMILES string of the molecule is CC(N)=C(C(=O)OCC(=O)c1c(F)cccc1F)C(N)=Nc1ccc(F)cc1. The molecule has 0 radical (unpaired) electrons. The molecule has 0 bridgehead atoms. The number of benzene rings is 2.